The molecule has 12 nitrogen and oxygen atoms in total. The Morgan fingerprint density at radius 2 is 0.734 bits per heavy atom. The van der Waals surface area contributed by atoms with Crippen molar-refractivity contribution in [2.45, 2.75) is 0 Å². The van der Waals surface area contributed by atoms with Gasteiger partial charge in [-0.25, -0.2) is 44.9 Å². The van der Waals surface area contributed by atoms with Gasteiger partial charge in [-0.05, 0) is 60.7 Å². The Hall–Kier alpha value is -9.34. The van der Waals surface area contributed by atoms with Crippen molar-refractivity contribution in [3.63, 3.8) is 0 Å². The van der Waals surface area contributed by atoms with E-state index in [0.717, 1.165) is 82.7 Å². The molecule has 298 valence electrons. The summed E-state index contributed by atoms with van der Waals surface area (Å²) in [5.41, 5.74) is 9.89. The maximum absolute atomic E-state index is 10.7. The van der Waals surface area contributed by atoms with E-state index < -0.39 is 0 Å². The van der Waals surface area contributed by atoms with Crippen LogP contribution >= 0.6 is 0 Å². The van der Waals surface area contributed by atoms with Gasteiger partial charge < -0.3 is 4.57 Å². The number of aromatic nitrogens is 11. The van der Waals surface area contributed by atoms with E-state index in [1.165, 1.54) is 0 Å². The number of pyridine rings is 1. The van der Waals surface area contributed by atoms with Crippen molar-refractivity contribution < 1.29 is 0 Å². The van der Waals surface area contributed by atoms with Gasteiger partial charge in [0.1, 0.15) is 5.82 Å². The highest BCUT2D eigenvalue weighted by Gasteiger charge is 2.23. The maximum Gasteiger partial charge on any atom is 0.159 e. The van der Waals surface area contributed by atoms with E-state index in [-0.39, 0.29) is 0 Å². The topological polar surface area (TPSA) is 150 Å². The number of benzene rings is 5. The van der Waals surface area contributed by atoms with Crippen LogP contribution < -0.4 is 0 Å². The second-order valence-electron chi connectivity index (χ2n) is 15.1. The van der Waals surface area contributed by atoms with E-state index in [1.807, 2.05) is 66.9 Å². The average molecular weight is 823 g/mol. The molecule has 0 aliphatic heterocycles. The molecular weight excluding hydrogens is 793 g/mol. The number of rotatable bonds is 7. The molecule has 0 N–H and O–H groups in total. The van der Waals surface area contributed by atoms with Crippen molar-refractivity contribution in [3.05, 3.63) is 189 Å². The molecule has 12 aromatic rings. The van der Waals surface area contributed by atoms with Crippen molar-refractivity contribution in [1.82, 2.24) is 54.0 Å². The van der Waals surface area contributed by atoms with E-state index in [4.69, 9.17) is 4.98 Å². The number of nitriles is 1. The summed E-state index contributed by atoms with van der Waals surface area (Å²) in [6.07, 6.45) is 15.9. The Morgan fingerprint density at radius 1 is 0.359 bits per heavy atom. The van der Waals surface area contributed by atoms with Crippen LogP contribution in [0.2, 0.25) is 0 Å². The molecule has 0 saturated carbocycles. The van der Waals surface area contributed by atoms with Crippen molar-refractivity contribution in [3.8, 4) is 74.3 Å². The fraction of sp³-hybridized carbons (Fsp3) is 0. The molecule has 0 radical (unpaired) electrons. The van der Waals surface area contributed by atoms with Crippen LogP contribution in [0.1, 0.15) is 5.56 Å². The van der Waals surface area contributed by atoms with Crippen LogP contribution in [-0.2, 0) is 0 Å². The van der Waals surface area contributed by atoms with Gasteiger partial charge in [0.05, 0.1) is 45.6 Å². The van der Waals surface area contributed by atoms with Gasteiger partial charge in [-0.2, -0.15) is 5.26 Å². The van der Waals surface area contributed by atoms with Crippen LogP contribution in [0.15, 0.2) is 183 Å². The van der Waals surface area contributed by atoms with E-state index in [1.54, 1.807) is 49.6 Å². The fourth-order valence-electron chi connectivity index (χ4n) is 8.66. The molecule has 5 aromatic carbocycles. The number of nitrogens with zero attached hydrogens (tertiary/aromatic N) is 12. The lowest BCUT2D eigenvalue weighted by Gasteiger charge is -2.17. The lowest BCUT2D eigenvalue weighted by atomic mass is 9.99. The van der Waals surface area contributed by atoms with Crippen LogP contribution in [0.5, 0.6) is 0 Å². The molecule has 0 atom stereocenters. The molecular formula is C52H30N12. The first kappa shape index (κ1) is 36.5. The highest BCUT2D eigenvalue weighted by Crippen LogP contribution is 2.42. The highest BCUT2D eigenvalue weighted by molar-refractivity contribution is 6.12. The molecule has 0 unspecified atom stereocenters. The van der Waals surface area contributed by atoms with Gasteiger partial charge >= 0.3 is 0 Å². The zero-order chi connectivity index (χ0) is 42.6. The first-order valence-electron chi connectivity index (χ1n) is 20.5. The number of hydrogen-bond donors (Lipinski definition) is 0. The molecule has 0 saturated heterocycles. The van der Waals surface area contributed by atoms with Gasteiger partial charge in [0, 0.05) is 105 Å². The van der Waals surface area contributed by atoms with Crippen LogP contribution in [0.4, 0.5) is 0 Å². The molecule has 0 fully saturated rings. The molecule has 64 heavy (non-hydrogen) atoms. The summed E-state index contributed by atoms with van der Waals surface area (Å²) in [6.45, 7) is 0. The van der Waals surface area contributed by atoms with Crippen molar-refractivity contribution in [1.29, 1.82) is 5.26 Å². The molecule has 0 bridgehead atoms. The average Bonchev–Trinajstić information content (AvgIpc) is 3.88. The summed E-state index contributed by atoms with van der Waals surface area (Å²) >= 11 is 0. The second-order valence-corrected chi connectivity index (χ2v) is 15.1. The summed E-state index contributed by atoms with van der Waals surface area (Å²) < 4.78 is 4.37. The molecule has 0 spiro atoms. The monoisotopic (exact) mass is 822 g/mol. The number of fused-ring (bicyclic) bond motifs is 6. The third-order valence-electron chi connectivity index (χ3n) is 11.5. The van der Waals surface area contributed by atoms with Crippen LogP contribution in [-0.4, -0.2) is 54.0 Å². The summed E-state index contributed by atoms with van der Waals surface area (Å²) in [7, 11) is 0. The normalized spacial score (nSPS) is 11.4. The van der Waals surface area contributed by atoms with Gasteiger partial charge in [-0.1, -0.05) is 66.7 Å². The Bertz CT molecular complexity index is 3590. The predicted molar refractivity (Wildman–Crippen MR) is 247 cm³/mol. The third-order valence-corrected chi connectivity index (χ3v) is 11.5. The summed E-state index contributed by atoms with van der Waals surface area (Å²) in [4.78, 5) is 42.0. The van der Waals surface area contributed by atoms with Gasteiger partial charge in [0.25, 0.3) is 0 Å². The minimum Gasteiger partial charge on any atom is -0.307 e. The molecule has 7 aromatic heterocycles. The van der Waals surface area contributed by atoms with E-state index in [9.17, 15) is 5.26 Å². The molecule has 0 aliphatic rings. The summed E-state index contributed by atoms with van der Waals surface area (Å²) in [6, 6.07) is 44.5. The van der Waals surface area contributed by atoms with Gasteiger partial charge in [0.2, 0.25) is 0 Å². The first-order chi connectivity index (χ1) is 31.7. The van der Waals surface area contributed by atoms with Gasteiger partial charge in [0.15, 0.2) is 23.3 Å². The van der Waals surface area contributed by atoms with Crippen molar-refractivity contribution in [2.75, 3.05) is 0 Å². The quantitative estimate of drug-likeness (QED) is 0.152. The zero-order valence-corrected chi connectivity index (χ0v) is 33.7. The van der Waals surface area contributed by atoms with E-state index >= 15 is 0 Å². The van der Waals surface area contributed by atoms with Crippen LogP contribution in [0, 0.1) is 11.3 Å². The van der Waals surface area contributed by atoms with E-state index in [0.29, 0.717) is 34.7 Å². The number of hydrogen-bond acceptors (Lipinski definition) is 10. The van der Waals surface area contributed by atoms with Crippen LogP contribution in [0.25, 0.3) is 112 Å². The molecule has 0 aliphatic carbocycles. The second kappa shape index (κ2) is 15.0. The standard InChI is InChI=1S/C52H30N12/c53-30-36-7-1-2-8-37(36)42-29-48(64-45-27-34(51-58-21-5-22-59-51)11-15-40(45)41-16-12-35(28-46(41)64)52-60-23-6-24-61-52)62-31-47(42)63-43-25-32(49-54-17-3-18-55-49)9-13-38(43)39-14-10-33(26-44(39)63)50-56-19-4-20-57-50/h1-29,31H. The molecule has 0 amide bonds. The third kappa shape index (κ3) is 6.03. The molecule has 12 heteroatoms. The van der Waals surface area contributed by atoms with E-state index in [2.05, 4.69) is 122 Å². The Morgan fingerprint density at radius 3 is 1.12 bits per heavy atom. The Balaban J connectivity index is 1.18. The molecule has 12 rings (SSSR count). The van der Waals surface area contributed by atoms with Gasteiger partial charge in [-0.3, -0.25) is 4.57 Å². The highest BCUT2D eigenvalue weighted by atomic mass is 15.1. The first-order valence-corrected chi connectivity index (χ1v) is 20.5. The summed E-state index contributed by atoms with van der Waals surface area (Å²) in [5, 5.41) is 14.7. The van der Waals surface area contributed by atoms with Crippen LogP contribution in [0.3, 0.4) is 0 Å². The summed E-state index contributed by atoms with van der Waals surface area (Å²) in [5.74, 6) is 3.07. The van der Waals surface area contributed by atoms with Gasteiger partial charge in [-0.15, -0.1) is 0 Å². The predicted octanol–water partition coefficient (Wildman–Crippen LogP) is 10.6. The maximum atomic E-state index is 10.7. The van der Waals surface area contributed by atoms with Crippen molar-refractivity contribution in [2.24, 2.45) is 0 Å². The zero-order valence-electron chi connectivity index (χ0n) is 33.7. The Labute approximate surface area is 364 Å². The van der Waals surface area contributed by atoms with Crippen molar-refractivity contribution >= 4 is 43.6 Å². The largest absolute Gasteiger partial charge is 0.307 e. The minimum atomic E-state index is 0.521. The lowest BCUT2D eigenvalue weighted by molar-refractivity contribution is 1.05. The molecule has 7 heterocycles. The SMILES string of the molecule is N#Cc1ccccc1-c1cc(-n2c3cc(-c4ncccn4)ccc3c3ccc(-c4ncccn4)cc32)ncc1-n1c2cc(-c3ncccn3)ccc2c2ccc(-c3ncccn3)cc21. The lowest BCUT2D eigenvalue weighted by Crippen LogP contribution is -2.04. The fourth-order valence-corrected chi connectivity index (χ4v) is 8.66. The smallest absolute Gasteiger partial charge is 0.159 e. The Kier molecular flexibility index (Phi) is 8.55. The minimum absolute atomic E-state index is 0.521.